The number of halogens is 3. The van der Waals surface area contributed by atoms with Gasteiger partial charge >= 0.3 is 12.2 Å². The van der Waals surface area contributed by atoms with Gasteiger partial charge in [-0.3, -0.25) is 4.79 Å². The second-order valence-electron chi connectivity index (χ2n) is 6.41. The summed E-state index contributed by atoms with van der Waals surface area (Å²) in [7, 11) is 0. The van der Waals surface area contributed by atoms with Crippen LogP contribution in [-0.4, -0.2) is 11.9 Å². The van der Waals surface area contributed by atoms with E-state index in [-0.39, 0.29) is 11.6 Å². The zero-order chi connectivity index (χ0) is 21.6. The van der Waals surface area contributed by atoms with Crippen molar-refractivity contribution in [1.29, 1.82) is 0 Å². The average Bonchev–Trinajstić information content (AvgIpc) is 2.72. The van der Waals surface area contributed by atoms with Crippen molar-refractivity contribution < 1.29 is 22.8 Å². The maximum absolute atomic E-state index is 12.8. The van der Waals surface area contributed by atoms with Gasteiger partial charge in [0.2, 0.25) is 0 Å². The zero-order valence-electron chi connectivity index (χ0n) is 15.7. The molecule has 0 atom stereocenters. The monoisotopic (exact) mass is 413 g/mol. The second kappa shape index (κ2) is 9.13. The molecule has 8 heteroatoms. The summed E-state index contributed by atoms with van der Waals surface area (Å²) < 4.78 is 38.3. The van der Waals surface area contributed by atoms with E-state index in [1.807, 2.05) is 30.3 Å². The summed E-state index contributed by atoms with van der Waals surface area (Å²) in [5.41, 5.74) is 0.742. The number of rotatable bonds is 5. The second-order valence-corrected chi connectivity index (χ2v) is 6.41. The maximum Gasteiger partial charge on any atom is 0.416 e. The first-order valence-corrected chi connectivity index (χ1v) is 8.99. The Morgan fingerprint density at radius 3 is 2.07 bits per heavy atom. The highest BCUT2D eigenvalue weighted by Gasteiger charge is 2.30. The Hall–Kier alpha value is -3.81. The van der Waals surface area contributed by atoms with Crippen molar-refractivity contribution in [3.8, 4) is 0 Å². The van der Waals surface area contributed by atoms with E-state index in [0.29, 0.717) is 17.8 Å². The lowest BCUT2D eigenvalue weighted by Crippen LogP contribution is -2.23. The van der Waals surface area contributed by atoms with Crippen LogP contribution in [0.2, 0.25) is 0 Å². The molecule has 154 valence electrons. The molecule has 3 aromatic rings. The highest BCUT2D eigenvalue weighted by molar-refractivity contribution is 6.01. The Labute approximate surface area is 170 Å². The first-order chi connectivity index (χ1) is 14.3. The normalized spacial score (nSPS) is 10.9. The van der Waals surface area contributed by atoms with Gasteiger partial charge in [0.05, 0.1) is 5.56 Å². The Morgan fingerprint density at radius 2 is 1.40 bits per heavy atom. The molecule has 0 aromatic heterocycles. The molecule has 0 spiro atoms. The summed E-state index contributed by atoms with van der Waals surface area (Å²) in [6.45, 7) is 0.355. The highest BCUT2D eigenvalue weighted by Crippen LogP contribution is 2.30. The van der Waals surface area contributed by atoms with Gasteiger partial charge in [0.15, 0.2) is 0 Å². The molecule has 0 fully saturated rings. The Bertz CT molecular complexity index is 1040. The van der Waals surface area contributed by atoms with Gasteiger partial charge in [0, 0.05) is 23.5 Å². The van der Waals surface area contributed by atoms with Crippen LogP contribution in [0, 0.1) is 0 Å². The van der Waals surface area contributed by atoms with Crippen molar-refractivity contribution in [2.45, 2.75) is 12.7 Å². The van der Waals surface area contributed by atoms with Crippen molar-refractivity contribution in [1.82, 2.24) is 5.32 Å². The fraction of sp³-hybridized carbons (Fsp3) is 0.0909. The fourth-order valence-electron chi connectivity index (χ4n) is 2.69. The number of alkyl halides is 3. The molecule has 0 heterocycles. The van der Waals surface area contributed by atoms with Gasteiger partial charge in [-0.1, -0.05) is 42.5 Å². The van der Waals surface area contributed by atoms with Gasteiger partial charge in [-0.2, -0.15) is 13.2 Å². The lowest BCUT2D eigenvalue weighted by atomic mass is 10.1. The number of nitrogens with one attached hydrogen (secondary N) is 3. The predicted octanol–water partition coefficient (Wildman–Crippen LogP) is 5.28. The number of hydrogen-bond donors (Lipinski definition) is 3. The number of carbonyl (C=O) groups excluding carboxylic acids is 2. The number of urea groups is 1. The smallest absolute Gasteiger partial charge is 0.348 e. The van der Waals surface area contributed by atoms with Gasteiger partial charge in [-0.15, -0.1) is 0 Å². The quantitative estimate of drug-likeness (QED) is 0.533. The molecule has 0 bridgehead atoms. The molecule has 0 unspecified atom stereocenters. The zero-order valence-corrected chi connectivity index (χ0v) is 15.7. The van der Waals surface area contributed by atoms with Crippen molar-refractivity contribution >= 4 is 23.3 Å². The van der Waals surface area contributed by atoms with E-state index in [0.717, 1.165) is 17.7 Å². The largest absolute Gasteiger partial charge is 0.416 e. The van der Waals surface area contributed by atoms with Gasteiger partial charge in [0.25, 0.3) is 5.91 Å². The standard InChI is InChI=1S/C22H18F3N3O2/c23-22(24,25)17-9-5-11-19(13-17)28-21(30)27-18-10-4-8-16(12-18)20(29)26-14-15-6-2-1-3-7-15/h1-13H,14H2,(H,26,29)(H2,27,28,30). The summed E-state index contributed by atoms with van der Waals surface area (Å²) in [5, 5.41) is 7.64. The number of hydrogen-bond acceptors (Lipinski definition) is 2. The molecule has 3 amide bonds. The lowest BCUT2D eigenvalue weighted by Gasteiger charge is -2.11. The number of carbonyl (C=O) groups is 2. The van der Waals surface area contributed by atoms with E-state index in [1.165, 1.54) is 18.2 Å². The van der Waals surface area contributed by atoms with Crippen molar-refractivity contribution in [3.05, 3.63) is 95.6 Å². The van der Waals surface area contributed by atoms with Crippen molar-refractivity contribution in [2.75, 3.05) is 10.6 Å². The summed E-state index contributed by atoms with van der Waals surface area (Å²) in [6, 6.07) is 19.2. The summed E-state index contributed by atoms with van der Waals surface area (Å²) >= 11 is 0. The van der Waals surface area contributed by atoms with E-state index in [2.05, 4.69) is 16.0 Å². The van der Waals surface area contributed by atoms with E-state index in [9.17, 15) is 22.8 Å². The van der Waals surface area contributed by atoms with Crippen molar-refractivity contribution in [3.63, 3.8) is 0 Å². The van der Waals surface area contributed by atoms with Crippen molar-refractivity contribution in [2.24, 2.45) is 0 Å². The first-order valence-electron chi connectivity index (χ1n) is 8.99. The SMILES string of the molecule is O=C(Nc1cccc(C(=O)NCc2ccccc2)c1)Nc1cccc(C(F)(F)F)c1. The van der Waals surface area contributed by atoms with E-state index in [4.69, 9.17) is 0 Å². The third-order valence-corrected chi connectivity index (χ3v) is 4.13. The van der Waals surface area contributed by atoms with Crippen LogP contribution < -0.4 is 16.0 Å². The van der Waals surface area contributed by atoms with Crippen LogP contribution in [0.15, 0.2) is 78.9 Å². The molecule has 30 heavy (non-hydrogen) atoms. The van der Waals surface area contributed by atoms with Crippen LogP contribution in [0.3, 0.4) is 0 Å². The number of amides is 3. The molecule has 0 saturated heterocycles. The fourth-order valence-corrected chi connectivity index (χ4v) is 2.69. The highest BCUT2D eigenvalue weighted by atomic mass is 19.4. The van der Waals surface area contributed by atoms with Crippen LogP contribution in [-0.2, 0) is 12.7 Å². The summed E-state index contributed by atoms with van der Waals surface area (Å²) in [6.07, 6.45) is -4.50. The average molecular weight is 413 g/mol. The molecule has 0 saturated carbocycles. The third kappa shape index (κ3) is 5.84. The van der Waals surface area contributed by atoms with Crippen LogP contribution in [0.1, 0.15) is 21.5 Å². The predicted molar refractivity (Wildman–Crippen MR) is 108 cm³/mol. The van der Waals surface area contributed by atoms with Crippen LogP contribution >= 0.6 is 0 Å². The Balaban J connectivity index is 1.60. The van der Waals surface area contributed by atoms with E-state index >= 15 is 0 Å². The molecule has 3 aromatic carbocycles. The molecule has 0 aliphatic rings. The summed E-state index contributed by atoms with van der Waals surface area (Å²) in [4.78, 5) is 24.5. The number of benzene rings is 3. The van der Waals surface area contributed by atoms with Gasteiger partial charge in [-0.05, 0) is 42.0 Å². The maximum atomic E-state index is 12.8. The molecule has 0 aliphatic heterocycles. The van der Waals surface area contributed by atoms with Crippen LogP contribution in [0.25, 0.3) is 0 Å². The minimum atomic E-state index is -4.50. The minimum Gasteiger partial charge on any atom is -0.348 e. The molecular weight excluding hydrogens is 395 g/mol. The van der Waals surface area contributed by atoms with Gasteiger partial charge < -0.3 is 16.0 Å². The molecule has 5 nitrogen and oxygen atoms in total. The molecule has 0 radical (unpaired) electrons. The Morgan fingerprint density at radius 1 is 0.767 bits per heavy atom. The molecule has 3 N–H and O–H groups in total. The van der Waals surface area contributed by atoms with Crippen LogP contribution in [0.5, 0.6) is 0 Å². The van der Waals surface area contributed by atoms with E-state index < -0.39 is 17.8 Å². The molecule has 0 aliphatic carbocycles. The molecule has 3 rings (SSSR count). The van der Waals surface area contributed by atoms with Crippen LogP contribution in [0.4, 0.5) is 29.3 Å². The first kappa shape index (κ1) is 20.9. The third-order valence-electron chi connectivity index (χ3n) is 4.13. The van der Waals surface area contributed by atoms with E-state index in [1.54, 1.807) is 18.2 Å². The molecular formula is C22H18F3N3O2. The lowest BCUT2D eigenvalue weighted by molar-refractivity contribution is -0.137. The minimum absolute atomic E-state index is 0.000848. The topological polar surface area (TPSA) is 70.2 Å². The van der Waals surface area contributed by atoms with Gasteiger partial charge in [0.1, 0.15) is 0 Å². The Kier molecular flexibility index (Phi) is 6.36. The van der Waals surface area contributed by atoms with Gasteiger partial charge in [-0.25, -0.2) is 4.79 Å². The number of anilines is 2. The summed E-state index contributed by atoms with van der Waals surface area (Å²) in [5.74, 6) is -0.319.